The van der Waals surface area contributed by atoms with Gasteiger partial charge in [-0.05, 0) is 32.1 Å². The van der Waals surface area contributed by atoms with Crippen LogP contribution in [0.1, 0.15) is 51.1 Å². The molecule has 3 atom stereocenters. The van der Waals surface area contributed by atoms with Gasteiger partial charge in [-0.25, -0.2) is 4.98 Å². The van der Waals surface area contributed by atoms with Crippen LogP contribution in [0.4, 0.5) is 0 Å². The number of hydrogen-bond acceptors (Lipinski definition) is 7. The zero-order valence-corrected chi connectivity index (χ0v) is 17.7. The maximum Gasteiger partial charge on any atom is 0.313 e. The van der Waals surface area contributed by atoms with Crippen molar-refractivity contribution in [3.63, 3.8) is 0 Å². The van der Waals surface area contributed by atoms with Gasteiger partial charge in [0.2, 0.25) is 0 Å². The quantitative estimate of drug-likeness (QED) is 0.347. The predicted molar refractivity (Wildman–Crippen MR) is 108 cm³/mol. The van der Waals surface area contributed by atoms with Crippen LogP contribution in [0.2, 0.25) is 0 Å². The fraction of sp³-hybridized carbons (Fsp3) is 0.737. The van der Waals surface area contributed by atoms with Crippen LogP contribution in [-0.2, 0) is 27.8 Å². The van der Waals surface area contributed by atoms with Gasteiger partial charge in [0, 0.05) is 36.1 Å². The van der Waals surface area contributed by atoms with Gasteiger partial charge in [0.15, 0.2) is 0 Å². The van der Waals surface area contributed by atoms with E-state index in [1.165, 1.54) is 18.6 Å². The first kappa shape index (κ1) is 20.6. The van der Waals surface area contributed by atoms with Crippen LogP contribution in [0, 0.1) is 11.8 Å². The highest BCUT2D eigenvalue weighted by molar-refractivity contribution is 8.77. The molecule has 0 N–H and O–H groups in total. The molecule has 0 bridgehead atoms. The highest BCUT2D eigenvalue weighted by Gasteiger charge is 2.36. The Balaban J connectivity index is 1.44. The van der Waals surface area contributed by atoms with Crippen molar-refractivity contribution in [2.75, 3.05) is 12.4 Å². The summed E-state index contributed by atoms with van der Waals surface area (Å²) in [5, 5.41) is 0.751. The van der Waals surface area contributed by atoms with Gasteiger partial charge in [-0.2, -0.15) is 0 Å². The summed E-state index contributed by atoms with van der Waals surface area (Å²) in [6.45, 7) is 2.46. The fourth-order valence-electron chi connectivity index (χ4n) is 3.64. The van der Waals surface area contributed by atoms with Crippen molar-refractivity contribution in [1.29, 1.82) is 0 Å². The topological polar surface area (TPSA) is 70.4 Å². The number of cyclic esters (lactones) is 1. The summed E-state index contributed by atoms with van der Waals surface area (Å²) in [7, 11) is 5.78. The molecule has 1 aromatic heterocycles. The summed E-state index contributed by atoms with van der Waals surface area (Å²) in [6.07, 6.45) is 8.02. The predicted octanol–water partition coefficient (Wildman–Crippen LogP) is 3.78. The number of hydrogen-bond donors (Lipinski definition) is 0. The van der Waals surface area contributed by atoms with Gasteiger partial charge in [0.1, 0.15) is 0 Å². The highest BCUT2D eigenvalue weighted by atomic mass is 33.1. The molecule has 0 aromatic carbocycles. The van der Waals surface area contributed by atoms with Crippen LogP contribution >= 0.6 is 21.6 Å². The van der Waals surface area contributed by atoms with E-state index in [1.54, 1.807) is 10.8 Å². The Bertz CT molecular complexity index is 658. The number of rotatable bonds is 9. The number of aromatic nitrogens is 2. The number of carbonyl (C=O) groups is 2. The standard InChI is InChI=1S/C19H28N2O4S2/c1-3-16-13(12-24-18(16)23)10-14-11-20-19(21(14)2)25-17(22)7-5-4-6-15-8-9-26-27-15/h11,13,15-16H,3-10,12H2,1-2H3/t13-,15+,16-/m0/s1. The van der Waals surface area contributed by atoms with Crippen molar-refractivity contribution in [3.8, 4) is 6.01 Å². The van der Waals surface area contributed by atoms with Crippen molar-refractivity contribution in [1.82, 2.24) is 9.55 Å². The summed E-state index contributed by atoms with van der Waals surface area (Å²) >= 11 is 0. The molecule has 3 rings (SSSR count). The van der Waals surface area contributed by atoms with Crippen molar-refractivity contribution in [2.24, 2.45) is 18.9 Å². The smallest absolute Gasteiger partial charge is 0.313 e. The van der Waals surface area contributed by atoms with Crippen LogP contribution in [-0.4, -0.2) is 39.1 Å². The zero-order valence-electron chi connectivity index (χ0n) is 16.0. The molecule has 0 radical (unpaired) electrons. The normalized spacial score (nSPS) is 25.0. The van der Waals surface area contributed by atoms with Crippen molar-refractivity contribution >= 4 is 33.5 Å². The lowest BCUT2D eigenvalue weighted by Crippen LogP contribution is -2.18. The molecule has 0 saturated carbocycles. The summed E-state index contributed by atoms with van der Waals surface area (Å²) in [5.41, 5.74) is 0.954. The van der Waals surface area contributed by atoms with E-state index in [0.29, 0.717) is 25.5 Å². The lowest BCUT2D eigenvalue weighted by Gasteiger charge is -2.13. The minimum atomic E-state index is -0.227. The fourth-order valence-corrected chi connectivity index (χ4v) is 6.67. The Morgan fingerprint density at radius 2 is 2.30 bits per heavy atom. The molecule has 0 spiro atoms. The maximum absolute atomic E-state index is 12.1. The van der Waals surface area contributed by atoms with Gasteiger partial charge < -0.3 is 14.0 Å². The third-order valence-electron chi connectivity index (χ3n) is 5.35. The van der Waals surface area contributed by atoms with Crippen molar-refractivity contribution in [3.05, 3.63) is 11.9 Å². The van der Waals surface area contributed by atoms with Crippen LogP contribution in [0.5, 0.6) is 6.01 Å². The molecule has 0 amide bonds. The Hall–Kier alpha value is -1.15. The van der Waals surface area contributed by atoms with E-state index in [1.807, 2.05) is 35.6 Å². The third-order valence-corrected chi connectivity index (χ3v) is 8.36. The van der Waals surface area contributed by atoms with Gasteiger partial charge >= 0.3 is 17.9 Å². The number of nitrogens with zero attached hydrogens (tertiary/aromatic N) is 2. The molecule has 0 aliphatic carbocycles. The van der Waals surface area contributed by atoms with E-state index in [9.17, 15) is 9.59 Å². The van der Waals surface area contributed by atoms with Gasteiger partial charge in [0.05, 0.1) is 18.7 Å². The second kappa shape index (κ2) is 9.87. The molecule has 2 aliphatic rings. The largest absolute Gasteiger partial charge is 0.465 e. The summed E-state index contributed by atoms with van der Waals surface area (Å²) < 4.78 is 12.4. The Morgan fingerprint density at radius 3 is 3.04 bits per heavy atom. The number of esters is 2. The van der Waals surface area contributed by atoms with Gasteiger partial charge in [-0.15, -0.1) is 0 Å². The lowest BCUT2D eigenvalue weighted by atomic mass is 9.89. The maximum atomic E-state index is 12.1. The molecule has 8 heteroatoms. The first-order valence-corrected chi connectivity index (χ1v) is 12.1. The highest BCUT2D eigenvalue weighted by Crippen LogP contribution is 2.39. The molecule has 6 nitrogen and oxygen atoms in total. The number of ether oxygens (including phenoxy) is 2. The molecular weight excluding hydrogens is 384 g/mol. The SMILES string of the molecule is CC[C@@H]1C(=O)OC[C@@H]1Cc1cnc(OC(=O)CCCC[C@@H]2CCSS2)n1C. The van der Waals surface area contributed by atoms with Crippen molar-refractivity contribution in [2.45, 2.75) is 57.1 Å². The Kier molecular flexibility index (Phi) is 7.52. The number of carbonyl (C=O) groups excluding carboxylic acids is 2. The Morgan fingerprint density at radius 1 is 1.44 bits per heavy atom. The second-order valence-electron chi connectivity index (χ2n) is 7.25. The molecule has 150 valence electrons. The number of unbranched alkanes of at least 4 members (excludes halogenated alkanes) is 1. The minimum Gasteiger partial charge on any atom is -0.465 e. The number of imidazole rings is 1. The zero-order chi connectivity index (χ0) is 19.2. The summed E-state index contributed by atoms with van der Waals surface area (Å²) in [6, 6.07) is 0.330. The third kappa shape index (κ3) is 5.44. The summed E-state index contributed by atoms with van der Waals surface area (Å²) in [4.78, 5) is 28.1. The van der Waals surface area contributed by atoms with Crippen LogP contribution in [0.25, 0.3) is 0 Å². The molecule has 2 saturated heterocycles. The molecule has 1 aromatic rings. The molecule has 2 fully saturated rings. The van der Waals surface area contributed by atoms with E-state index in [2.05, 4.69) is 4.98 Å². The lowest BCUT2D eigenvalue weighted by molar-refractivity contribution is -0.141. The second-order valence-corrected chi connectivity index (χ2v) is 10.0. The van der Waals surface area contributed by atoms with E-state index in [4.69, 9.17) is 9.47 Å². The van der Waals surface area contributed by atoms with E-state index >= 15 is 0 Å². The average molecular weight is 413 g/mol. The van der Waals surface area contributed by atoms with E-state index in [0.717, 1.165) is 30.2 Å². The van der Waals surface area contributed by atoms with Crippen LogP contribution in [0.3, 0.4) is 0 Å². The monoisotopic (exact) mass is 412 g/mol. The summed E-state index contributed by atoms with van der Waals surface area (Å²) in [5.74, 6) is 1.02. The molecular formula is C19H28N2O4S2. The van der Waals surface area contributed by atoms with Crippen molar-refractivity contribution < 1.29 is 19.1 Å². The van der Waals surface area contributed by atoms with Gasteiger partial charge in [-0.1, -0.05) is 34.9 Å². The first-order chi connectivity index (χ1) is 13.1. The van der Waals surface area contributed by atoms with E-state index < -0.39 is 0 Å². The van der Waals surface area contributed by atoms with Crippen LogP contribution in [0.15, 0.2) is 6.20 Å². The molecule has 3 heterocycles. The van der Waals surface area contributed by atoms with E-state index in [-0.39, 0.29) is 23.8 Å². The average Bonchev–Trinajstić information content (AvgIpc) is 3.36. The first-order valence-electron chi connectivity index (χ1n) is 9.74. The Labute approximate surface area is 168 Å². The van der Waals surface area contributed by atoms with Gasteiger partial charge in [0.25, 0.3) is 0 Å². The van der Waals surface area contributed by atoms with Crippen LogP contribution < -0.4 is 4.74 Å². The molecule has 0 unspecified atom stereocenters. The molecule has 2 aliphatic heterocycles. The van der Waals surface area contributed by atoms with Gasteiger partial charge in [-0.3, -0.25) is 9.59 Å². The minimum absolute atomic E-state index is 0.0534. The molecule has 27 heavy (non-hydrogen) atoms.